The Kier molecular flexibility index (Phi) is 6.09. The second kappa shape index (κ2) is 8.73. The molecule has 1 aliphatic heterocycles. The number of likely N-dealkylation sites (tertiary alicyclic amines) is 1. The molecule has 1 amide bonds. The maximum Gasteiger partial charge on any atom is 0.419 e. The molecule has 2 N–H and O–H groups in total. The van der Waals surface area contributed by atoms with Gasteiger partial charge in [0.2, 0.25) is 5.95 Å². The number of anilines is 1. The molecule has 1 aromatic carbocycles. The summed E-state index contributed by atoms with van der Waals surface area (Å²) in [6, 6.07) is 5.02. The fourth-order valence-electron chi connectivity index (χ4n) is 5.27. The Morgan fingerprint density at radius 2 is 1.95 bits per heavy atom. The first-order valence-corrected chi connectivity index (χ1v) is 15.0. The molecule has 12 heteroatoms. The van der Waals surface area contributed by atoms with E-state index in [1.54, 1.807) is 36.4 Å². The molecule has 5 rings (SSSR count). The molecular weight excluding hydrogens is 518 g/mol. The van der Waals surface area contributed by atoms with Crippen LogP contribution in [0.15, 0.2) is 30.6 Å². The summed E-state index contributed by atoms with van der Waals surface area (Å²) in [6.45, 7) is 9.69. The average molecular weight is 550 g/mol. The number of hydrogen-bond donors (Lipinski definition) is 2. The number of H-pyrrole nitrogens is 1. The molecule has 2 aliphatic rings. The standard InChI is InChI=1S/C26H31F3N5O3P/c1-24(2,3)37-23(35)34-13-25(14-34)10-9-19(25)32-22-31-12-17(26(27,28)29)20(33-22)16-11-30-21-15(16)7-6-8-18(21)38(4,5)36/h6-8,11-12,19,30H,9-10,13-14H2,1-5H3,(H,31,32,33)/t19-/m1/s1. The van der Waals surface area contributed by atoms with Gasteiger partial charge in [-0.3, -0.25) is 0 Å². The van der Waals surface area contributed by atoms with Gasteiger partial charge in [0.1, 0.15) is 18.3 Å². The number of aromatic amines is 1. The molecular formula is C26H31F3N5O3P. The largest absolute Gasteiger partial charge is 0.444 e. The lowest BCUT2D eigenvalue weighted by atomic mass is 9.59. The molecule has 1 atom stereocenters. The molecule has 0 unspecified atom stereocenters. The lowest BCUT2D eigenvalue weighted by Crippen LogP contribution is -2.70. The van der Waals surface area contributed by atoms with Crippen molar-refractivity contribution in [3.05, 3.63) is 36.2 Å². The highest BCUT2D eigenvalue weighted by molar-refractivity contribution is 7.70. The third kappa shape index (κ3) is 4.77. The molecule has 2 aromatic heterocycles. The Hall–Kier alpha value is -3.07. The molecule has 2 fully saturated rings. The zero-order valence-electron chi connectivity index (χ0n) is 21.9. The fourth-order valence-corrected chi connectivity index (χ4v) is 6.44. The van der Waals surface area contributed by atoms with E-state index < -0.39 is 24.5 Å². The number of ether oxygens (including phenoxy) is 1. The smallest absolute Gasteiger partial charge is 0.419 e. The maximum absolute atomic E-state index is 14.0. The van der Waals surface area contributed by atoms with E-state index in [1.165, 1.54) is 6.20 Å². The third-order valence-corrected chi connectivity index (χ3v) is 8.79. The number of aromatic nitrogens is 3. The Morgan fingerprint density at radius 3 is 2.53 bits per heavy atom. The molecule has 204 valence electrons. The highest BCUT2D eigenvalue weighted by atomic mass is 31.2. The summed E-state index contributed by atoms with van der Waals surface area (Å²) < 4.78 is 60.2. The van der Waals surface area contributed by atoms with Crippen LogP contribution in [-0.2, 0) is 15.5 Å². The molecule has 3 aromatic rings. The lowest BCUT2D eigenvalue weighted by Gasteiger charge is -2.60. The van der Waals surface area contributed by atoms with Crippen LogP contribution < -0.4 is 10.6 Å². The van der Waals surface area contributed by atoms with Crippen molar-refractivity contribution >= 4 is 35.4 Å². The molecule has 1 saturated carbocycles. The number of nitrogens with zero attached hydrogens (tertiary/aromatic N) is 3. The minimum atomic E-state index is -4.67. The van der Waals surface area contributed by atoms with Gasteiger partial charge in [-0.2, -0.15) is 13.2 Å². The van der Waals surface area contributed by atoms with E-state index in [1.807, 2.05) is 20.8 Å². The number of para-hydroxylation sites is 1. The number of hydrogen-bond acceptors (Lipinski definition) is 6. The van der Waals surface area contributed by atoms with E-state index in [2.05, 4.69) is 20.3 Å². The first kappa shape index (κ1) is 26.5. The Labute approximate surface area is 218 Å². The Balaban J connectivity index is 1.43. The first-order valence-electron chi connectivity index (χ1n) is 12.4. The van der Waals surface area contributed by atoms with Crippen molar-refractivity contribution in [2.45, 2.75) is 51.4 Å². The van der Waals surface area contributed by atoms with Crippen molar-refractivity contribution in [3.8, 4) is 11.3 Å². The van der Waals surface area contributed by atoms with Crippen LogP contribution >= 0.6 is 7.14 Å². The quantitative estimate of drug-likeness (QED) is 0.405. The summed E-state index contributed by atoms with van der Waals surface area (Å²) in [4.78, 5) is 25.4. The molecule has 1 saturated heterocycles. The topological polar surface area (TPSA) is 100 Å². The number of alkyl halides is 3. The van der Waals surface area contributed by atoms with Crippen LogP contribution in [0.4, 0.5) is 23.9 Å². The predicted molar refractivity (Wildman–Crippen MR) is 140 cm³/mol. The number of halogens is 3. The van der Waals surface area contributed by atoms with Crippen LogP contribution in [0.25, 0.3) is 22.2 Å². The first-order chi connectivity index (χ1) is 17.6. The highest BCUT2D eigenvalue weighted by Crippen LogP contribution is 2.50. The van der Waals surface area contributed by atoms with Gasteiger partial charge in [0.25, 0.3) is 0 Å². The van der Waals surface area contributed by atoms with Gasteiger partial charge in [0.05, 0.1) is 11.2 Å². The van der Waals surface area contributed by atoms with E-state index in [4.69, 9.17) is 4.74 Å². The molecule has 3 heterocycles. The number of carbonyl (C=O) groups is 1. The summed E-state index contributed by atoms with van der Waals surface area (Å²) >= 11 is 0. The van der Waals surface area contributed by atoms with Crippen molar-refractivity contribution in [2.75, 3.05) is 31.7 Å². The van der Waals surface area contributed by atoms with Crippen LogP contribution in [0, 0.1) is 5.41 Å². The zero-order chi connectivity index (χ0) is 27.7. The van der Waals surface area contributed by atoms with Gasteiger partial charge in [-0.1, -0.05) is 12.1 Å². The van der Waals surface area contributed by atoms with Gasteiger partial charge >= 0.3 is 12.3 Å². The van der Waals surface area contributed by atoms with Gasteiger partial charge in [0.15, 0.2) is 0 Å². The summed E-state index contributed by atoms with van der Waals surface area (Å²) in [6.07, 6.45) is -1.08. The van der Waals surface area contributed by atoms with Crippen molar-refractivity contribution in [3.63, 3.8) is 0 Å². The van der Waals surface area contributed by atoms with Crippen LogP contribution in [0.5, 0.6) is 0 Å². The zero-order valence-corrected chi connectivity index (χ0v) is 22.8. The van der Waals surface area contributed by atoms with E-state index in [0.717, 1.165) is 19.0 Å². The number of rotatable bonds is 4. The van der Waals surface area contributed by atoms with Crippen LogP contribution in [-0.4, -0.2) is 64.0 Å². The number of carbonyl (C=O) groups excluding carboxylic acids is 1. The summed E-state index contributed by atoms with van der Waals surface area (Å²) in [5, 5.41) is 4.30. The van der Waals surface area contributed by atoms with Crippen molar-refractivity contribution in [2.24, 2.45) is 5.41 Å². The molecule has 0 bridgehead atoms. The molecule has 0 radical (unpaired) electrons. The van der Waals surface area contributed by atoms with Crippen molar-refractivity contribution in [1.29, 1.82) is 0 Å². The van der Waals surface area contributed by atoms with Gasteiger partial charge in [-0.25, -0.2) is 14.8 Å². The summed E-state index contributed by atoms with van der Waals surface area (Å²) in [5.74, 6) is 0.0925. The maximum atomic E-state index is 14.0. The van der Waals surface area contributed by atoms with Crippen LogP contribution in [0.2, 0.25) is 0 Å². The Morgan fingerprint density at radius 1 is 1.24 bits per heavy atom. The van der Waals surface area contributed by atoms with Crippen molar-refractivity contribution in [1.82, 2.24) is 19.9 Å². The number of fused-ring (bicyclic) bond motifs is 1. The van der Waals surface area contributed by atoms with E-state index in [9.17, 15) is 22.5 Å². The molecule has 8 nitrogen and oxygen atoms in total. The van der Waals surface area contributed by atoms with Gasteiger partial charge in [-0.15, -0.1) is 0 Å². The fraction of sp³-hybridized carbons (Fsp3) is 0.500. The summed E-state index contributed by atoms with van der Waals surface area (Å²) in [7, 11) is -2.68. The van der Waals surface area contributed by atoms with E-state index in [0.29, 0.717) is 29.3 Å². The van der Waals surface area contributed by atoms with Crippen LogP contribution in [0.3, 0.4) is 0 Å². The Bertz CT molecular complexity index is 1450. The van der Waals surface area contributed by atoms with Gasteiger partial charge in [0, 0.05) is 53.2 Å². The molecule has 1 aliphatic carbocycles. The van der Waals surface area contributed by atoms with Crippen LogP contribution in [0.1, 0.15) is 39.2 Å². The van der Waals surface area contributed by atoms with E-state index in [-0.39, 0.29) is 34.8 Å². The highest BCUT2D eigenvalue weighted by Gasteiger charge is 2.57. The van der Waals surface area contributed by atoms with Gasteiger partial charge in [-0.05, 0) is 53.0 Å². The molecule has 1 spiro atoms. The number of nitrogens with one attached hydrogen (secondary N) is 2. The normalized spacial score (nSPS) is 19.3. The monoisotopic (exact) mass is 549 g/mol. The molecule has 38 heavy (non-hydrogen) atoms. The third-order valence-electron chi connectivity index (χ3n) is 7.26. The predicted octanol–water partition coefficient (Wildman–Crippen LogP) is 5.70. The second-order valence-corrected chi connectivity index (χ2v) is 14.8. The number of amides is 1. The van der Waals surface area contributed by atoms with E-state index >= 15 is 0 Å². The summed E-state index contributed by atoms with van der Waals surface area (Å²) in [5.41, 5.74) is -1.17. The van der Waals surface area contributed by atoms with Gasteiger partial charge < -0.3 is 24.5 Å². The minimum absolute atomic E-state index is 0.0774. The lowest BCUT2D eigenvalue weighted by molar-refractivity contribution is -0.137. The minimum Gasteiger partial charge on any atom is -0.444 e. The second-order valence-electron chi connectivity index (χ2n) is 11.6. The number of benzene rings is 1. The average Bonchev–Trinajstić information content (AvgIpc) is 3.17. The SMILES string of the molecule is CC(C)(C)OC(=O)N1CC2(CC[C@H]2Nc2ncc(C(F)(F)F)c(-c3c[nH]c4c(P(C)(C)=O)cccc34)n2)C1. The van der Waals surface area contributed by atoms with Crippen molar-refractivity contribution < 1.29 is 27.3 Å².